The molecule has 4 heterocycles. The summed E-state index contributed by atoms with van der Waals surface area (Å²) in [5.41, 5.74) is 2.89. The highest BCUT2D eigenvalue weighted by Crippen LogP contribution is 2.42. The number of hydrogen-bond donors (Lipinski definition) is 1. The number of rotatable bonds is 4. The smallest absolute Gasteiger partial charge is 0.300 e. The fourth-order valence-corrected chi connectivity index (χ4v) is 4.60. The molecule has 0 bridgehead atoms. The molecule has 1 unspecified atom stereocenters. The maximum absolute atomic E-state index is 13.2. The molecule has 0 radical (unpaired) electrons. The Kier molecular flexibility index (Phi) is 5.60. The molecule has 0 aliphatic carbocycles. The van der Waals surface area contributed by atoms with E-state index < -0.39 is 17.7 Å². The first-order chi connectivity index (χ1) is 16.1. The number of aliphatic hydroxyl groups excluding tert-OH is 1. The van der Waals surface area contributed by atoms with Gasteiger partial charge in [0.05, 0.1) is 11.6 Å². The van der Waals surface area contributed by atoms with E-state index in [1.807, 2.05) is 24.3 Å². The van der Waals surface area contributed by atoms with E-state index in [-0.39, 0.29) is 11.3 Å². The minimum Gasteiger partial charge on any atom is -0.507 e. The molecule has 2 fully saturated rings. The second-order valence-electron chi connectivity index (χ2n) is 8.25. The average Bonchev–Trinajstić information content (AvgIpc) is 3.15. The van der Waals surface area contributed by atoms with Crippen molar-refractivity contribution in [1.29, 1.82) is 0 Å². The van der Waals surface area contributed by atoms with Gasteiger partial charge in [0.2, 0.25) is 0 Å². The van der Waals surface area contributed by atoms with Crippen molar-refractivity contribution in [3.8, 4) is 0 Å². The number of aliphatic hydroxyl groups is 1. The van der Waals surface area contributed by atoms with Crippen LogP contribution in [0.25, 0.3) is 5.76 Å². The van der Waals surface area contributed by atoms with Crippen LogP contribution in [-0.4, -0.2) is 39.9 Å². The zero-order chi connectivity index (χ0) is 22.8. The SMILES string of the molecule is O=C1C(=O)N(c2ccc(N3CCCCC3)cc2)C(c2ccncc2)/C1=C(\O)c1ccncc1. The maximum atomic E-state index is 13.2. The Morgan fingerprint density at radius 3 is 2.00 bits per heavy atom. The van der Waals surface area contributed by atoms with E-state index in [9.17, 15) is 14.7 Å². The van der Waals surface area contributed by atoms with Crippen molar-refractivity contribution in [1.82, 2.24) is 9.97 Å². The zero-order valence-corrected chi connectivity index (χ0v) is 18.1. The van der Waals surface area contributed by atoms with Gasteiger partial charge in [0.25, 0.3) is 11.7 Å². The molecule has 0 spiro atoms. The van der Waals surface area contributed by atoms with E-state index in [4.69, 9.17) is 0 Å². The number of anilines is 2. The standard InChI is InChI=1S/C26H24N4O3/c31-24(19-10-14-28-15-11-19)22-23(18-8-12-27-13-9-18)30(26(33)25(22)32)21-6-4-20(5-7-21)29-16-2-1-3-17-29/h4-15,23,31H,1-3,16-17H2/b24-22+. The molecule has 1 atom stereocenters. The van der Waals surface area contributed by atoms with E-state index in [0.717, 1.165) is 18.8 Å². The zero-order valence-electron chi connectivity index (χ0n) is 18.1. The van der Waals surface area contributed by atoms with Gasteiger partial charge in [-0.05, 0) is 73.4 Å². The maximum Gasteiger partial charge on any atom is 0.300 e. The molecule has 2 saturated heterocycles. The second-order valence-corrected chi connectivity index (χ2v) is 8.25. The third-order valence-electron chi connectivity index (χ3n) is 6.27. The summed E-state index contributed by atoms with van der Waals surface area (Å²) < 4.78 is 0. The van der Waals surface area contributed by atoms with E-state index in [1.54, 1.807) is 36.7 Å². The van der Waals surface area contributed by atoms with Gasteiger partial charge < -0.3 is 10.0 Å². The number of aromatic nitrogens is 2. The molecule has 2 aromatic heterocycles. The molecular weight excluding hydrogens is 416 g/mol. The summed E-state index contributed by atoms with van der Waals surface area (Å²) in [6.45, 7) is 2.04. The molecule has 2 aliphatic heterocycles. The van der Waals surface area contributed by atoms with Crippen LogP contribution in [0.15, 0.2) is 78.9 Å². The van der Waals surface area contributed by atoms with Gasteiger partial charge in [-0.3, -0.25) is 24.5 Å². The van der Waals surface area contributed by atoms with Crippen molar-refractivity contribution >= 4 is 28.8 Å². The van der Waals surface area contributed by atoms with Crippen molar-refractivity contribution in [2.75, 3.05) is 22.9 Å². The monoisotopic (exact) mass is 440 g/mol. The van der Waals surface area contributed by atoms with Crippen LogP contribution in [0, 0.1) is 0 Å². The van der Waals surface area contributed by atoms with Gasteiger partial charge in [-0.25, -0.2) is 0 Å². The van der Waals surface area contributed by atoms with Crippen LogP contribution in [-0.2, 0) is 9.59 Å². The lowest BCUT2D eigenvalue weighted by molar-refractivity contribution is -0.132. The van der Waals surface area contributed by atoms with Crippen molar-refractivity contribution < 1.29 is 14.7 Å². The highest BCUT2D eigenvalue weighted by Gasteiger charge is 2.47. The topological polar surface area (TPSA) is 86.6 Å². The lowest BCUT2D eigenvalue weighted by atomic mass is 9.96. The molecule has 7 nitrogen and oxygen atoms in total. The lowest BCUT2D eigenvalue weighted by Crippen LogP contribution is -2.30. The molecule has 3 aromatic rings. The number of carbonyl (C=O) groups excluding carboxylic acids is 2. The van der Waals surface area contributed by atoms with Gasteiger partial charge in [-0.1, -0.05) is 0 Å². The highest BCUT2D eigenvalue weighted by atomic mass is 16.3. The van der Waals surface area contributed by atoms with Crippen LogP contribution in [0.2, 0.25) is 0 Å². The van der Waals surface area contributed by atoms with Crippen LogP contribution >= 0.6 is 0 Å². The van der Waals surface area contributed by atoms with Gasteiger partial charge >= 0.3 is 0 Å². The Labute approximate surface area is 192 Å². The molecule has 0 saturated carbocycles. The first kappa shape index (κ1) is 20.9. The van der Waals surface area contributed by atoms with Crippen molar-refractivity contribution in [3.05, 3.63) is 90.0 Å². The number of amides is 1. The summed E-state index contributed by atoms with van der Waals surface area (Å²) in [6.07, 6.45) is 9.89. The number of benzene rings is 1. The summed E-state index contributed by atoms with van der Waals surface area (Å²) in [7, 11) is 0. The normalized spacial score (nSPS) is 20.3. The van der Waals surface area contributed by atoms with Crippen molar-refractivity contribution in [2.24, 2.45) is 0 Å². The van der Waals surface area contributed by atoms with Gasteiger partial charge in [0, 0.05) is 54.8 Å². The molecule has 33 heavy (non-hydrogen) atoms. The summed E-state index contributed by atoms with van der Waals surface area (Å²) in [5.74, 6) is -1.60. The van der Waals surface area contributed by atoms with Crippen LogP contribution in [0.5, 0.6) is 0 Å². The fraction of sp³-hybridized carbons (Fsp3) is 0.231. The summed E-state index contributed by atoms with van der Waals surface area (Å²) in [4.78, 5) is 38.2. The van der Waals surface area contributed by atoms with E-state index in [1.165, 1.54) is 36.6 Å². The van der Waals surface area contributed by atoms with Crippen LogP contribution in [0.3, 0.4) is 0 Å². The molecular formula is C26H24N4O3. The van der Waals surface area contributed by atoms with Gasteiger partial charge in [-0.15, -0.1) is 0 Å². The number of nitrogens with zero attached hydrogens (tertiary/aromatic N) is 4. The number of pyridine rings is 2. The van der Waals surface area contributed by atoms with E-state index >= 15 is 0 Å². The third kappa shape index (κ3) is 3.86. The molecule has 1 N–H and O–H groups in total. The van der Waals surface area contributed by atoms with Crippen LogP contribution < -0.4 is 9.80 Å². The number of ketones is 1. The van der Waals surface area contributed by atoms with Crippen molar-refractivity contribution in [3.63, 3.8) is 0 Å². The average molecular weight is 441 g/mol. The number of carbonyl (C=O) groups is 2. The molecule has 7 heteroatoms. The molecule has 1 aromatic carbocycles. The Morgan fingerprint density at radius 2 is 1.36 bits per heavy atom. The quantitative estimate of drug-likeness (QED) is 0.374. The summed E-state index contributed by atoms with van der Waals surface area (Å²) in [5, 5.41) is 11.0. The highest BCUT2D eigenvalue weighted by molar-refractivity contribution is 6.51. The van der Waals surface area contributed by atoms with Gasteiger partial charge in [-0.2, -0.15) is 0 Å². The minimum absolute atomic E-state index is 0.0532. The molecule has 2 aliphatic rings. The van der Waals surface area contributed by atoms with E-state index in [2.05, 4.69) is 14.9 Å². The Bertz CT molecular complexity index is 1190. The fourth-order valence-electron chi connectivity index (χ4n) is 4.60. The first-order valence-corrected chi connectivity index (χ1v) is 11.1. The summed E-state index contributed by atoms with van der Waals surface area (Å²) >= 11 is 0. The first-order valence-electron chi connectivity index (χ1n) is 11.1. The van der Waals surface area contributed by atoms with Crippen molar-refractivity contribution in [2.45, 2.75) is 25.3 Å². The number of Topliss-reactive ketones (excluding diaryl/α,β-unsaturated/α-hetero) is 1. The van der Waals surface area contributed by atoms with Crippen LogP contribution in [0.4, 0.5) is 11.4 Å². The van der Waals surface area contributed by atoms with Crippen LogP contribution in [0.1, 0.15) is 36.4 Å². The second kappa shape index (κ2) is 8.86. The minimum atomic E-state index is -0.762. The summed E-state index contributed by atoms with van der Waals surface area (Å²) in [6, 6.07) is 13.7. The molecule has 166 valence electrons. The third-order valence-corrected chi connectivity index (χ3v) is 6.27. The van der Waals surface area contributed by atoms with Gasteiger partial charge in [0.15, 0.2) is 0 Å². The predicted molar refractivity (Wildman–Crippen MR) is 126 cm³/mol. The number of piperidine rings is 1. The Balaban J connectivity index is 1.59. The molecule has 5 rings (SSSR count). The Morgan fingerprint density at radius 1 is 0.788 bits per heavy atom. The lowest BCUT2D eigenvalue weighted by Gasteiger charge is -2.30. The number of hydrogen-bond acceptors (Lipinski definition) is 6. The Hall–Kier alpha value is -4.00. The predicted octanol–water partition coefficient (Wildman–Crippen LogP) is 4.09. The van der Waals surface area contributed by atoms with E-state index in [0.29, 0.717) is 16.8 Å². The van der Waals surface area contributed by atoms with Gasteiger partial charge in [0.1, 0.15) is 5.76 Å². The largest absolute Gasteiger partial charge is 0.507 e. The molecule has 1 amide bonds.